The Balaban J connectivity index is 1.99. The minimum atomic E-state index is -0.549. The molecule has 2 aromatic carbocycles. The summed E-state index contributed by atoms with van der Waals surface area (Å²) >= 11 is 7.62. The Kier molecular flexibility index (Phi) is 10.9. The van der Waals surface area contributed by atoms with E-state index in [0.29, 0.717) is 30.5 Å². The number of nitrogens with one attached hydrogen (secondary N) is 1. The lowest BCUT2D eigenvalue weighted by Crippen LogP contribution is -2.48. The van der Waals surface area contributed by atoms with E-state index in [1.165, 1.54) is 0 Å². The summed E-state index contributed by atoms with van der Waals surface area (Å²) in [5.74, 6) is 1.77. The van der Waals surface area contributed by atoms with Crippen LogP contribution in [0.5, 0.6) is 5.75 Å². The van der Waals surface area contributed by atoms with E-state index < -0.39 is 6.04 Å². The maximum absolute atomic E-state index is 13.1. The maximum atomic E-state index is 13.1. The van der Waals surface area contributed by atoms with Crippen molar-refractivity contribution in [3.8, 4) is 5.75 Å². The van der Waals surface area contributed by atoms with Gasteiger partial charge in [-0.15, -0.1) is 11.8 Å². The van der Waals surface area contributed by atoms with Crippen molar-refractivity contribution in [3.63, 3.8) is 0 Å². The molecule has 0 saturated carbocycles. The largest absolute Gasteiger partial charge is 0.497 e. The van der Waals surface area contributed by atoms with Crippen molar-refractivity contribution >= 4 is 35.2 Å². The van der Waals surface area contributed by atoms with Crippen LogP contribution in [0.15, 0.2) is 53.4 Å². The molecule has 0 aromatic heterocycles. The first-order valence-electron chi connectivity index (χ1n) is 10.9. The Labute approximate surface area is 200 Å². The molecule has 0 fully saturated rings. The second-order valence-corrected chi connectivity index (χ2v) is 9.70. The molecule has 7 heteroatoms. The maximum Gasteiger partial charge on any atom is 0.242 e. The van der Waals surface area contributed by atoms with Gasteiger partial charge in [0.15, 0.2) is 0 Å². The van der Waals surface area contributed by atoms with Crippen molar-refractivity contribution in [3.05, 3.63) is 59.1 Å². The van der Waals surface area contributed by atoms with Gasteiger partial charge in [-0.1, -0.05) is 37.6 Å². The van der Waals surface area contributed by atoms with Gasteiger partial charge < -0.3 is 15.0 Å². The molecule has 0 aliphatic heterocycles. The van der Waals surface area contributed by atoms with Crippen molar-refractivity contribution in [2.45, 2.75) is 51.1 Å². The van der Waals surface area contributed by atoms with Gasteiger partial charge in [0.05, 0.1) is 7.11 Å². The van der Waals surface area contributed by atoms with Crippen LogP contribution in [0.25, 0.3) is 0 Å². The highest BCUT2D eigenvalue weighted by Crippen LogP contribution is 2.22. The Bertz CT molecular complexity index is 856. The summed E-state index contributed by atoms with van der Waals surface area (Å²) in [5, 5.41) is 3.66. The molecule has 1 atom stereocenters. The number of rotatable bonds is 12. The number of nitrogens with zero attached hydrogens (tertiary/aromatic N) is 1. The lowest BCUT2D eigenvalue weighted by atomic mass is 10.1. The van der Waals surface area contributed by atoms with E-state index in [0.717, 1.165) is 28.4 Å². The molecule has 0 spiro atoms. The van der Waals surface area contributed by atoms with Crippen LogP contribution in [0, 0.1) is 5.92 Å². The topological polar surface area (TPSA) is 58.6 Å². The number of hydrogen-bond acceptors (Lipinski definition) is 4. The quantitative estimate of drug-likeness (QED) is 0.328. The van der Waals surface area contributed by atoms with Crippen molar-refractivity contribution in [2.75, 3.05) is 19.4 Å². The summed E-state index contributed by atoms with van der Waals surface area (Å²) in [6, 6.07) is 14.7. The molecule has 32 heavy (non-hydrogen) atoms. The first-order valence-corrected chi connectivity index (χ1v) is 12.2. The fourth-order valence-electron chi connectivity index (χ4n) is 3.05. The van der Waals surface area contributed by atoms with Crippen LogP contribution >= 0.6 is 23.4 Å². The number of amides is 2. The summed E-state index contributed by atoms with van der Waals surface area (Å²) in [7, 11) is 1.62. The second-order valence-electron chi connectivity index (χ2n) is 8.09. The van der Waals surface area contributed by atoms with Crippen LogP contribution < -0.4 is 10.1 Å². The molecule has 174 valence electrons. The van der Waals surface area contributed by atoms with Gasteiger partial charge in [0.25, 0.3) is 0 Å². The Hall–Kier alpha value is -2.18. The van der Waals surface area contributed by atoms with Gasteiger partial charge in [0.1, 0.15) is 11.8 Å². The van der Waals surface area contributed by atoms with Crippen LogP contribution in [0.1, 0.15) is 39.2 Å². The Morgan fingerprint density at radius 2 is 1.72 bits per heavy atom. The van der Waals surface area contributed by atoms with Crippen LogP contribution in [0.2, 0.25) is 5.02 Å². The zero-order valence-electron chi connectivity index (χ0n) is 19.3. The summed E-state index contributed by atoms with van der Waals surface area (Å²) in [6.07, 6.45) is 1.12. The molecule has 0 saturated heterocycles. The number of thioether (sulfide) groups is 1. The average Bonchev–Trinajstić information content (AvgIpc) is 2.79. The molecule has 0 radical (unpaired) electrons. The van der Waals surface area contributed by atoms with E-state index in [-0.39, 0.29) is 11.8 Å². The van der Waals surface area contributed by atoms with Crippen molar-refractivity contribution in [1.29, 1.82) is 0 Å². The van der Waals surface area contributed by atoms with Crippen LogP contribution in [-0.4, -0.2) is 42.2 Å². The summed E-state index contributed by atoms with van der Waals surface area (Å²) < 4.78 is 5.22. The highest BCUT2D eigenvalue weighted by molar-refractivity contribution is 7.99. The van der Waals surface area contributed by atoms with Crippen LogP contribution in [0.4, 0.5) is 0 Å². The number of carbonyl (C=O) groups excluding carboxylic acids is 2. The number of halogens is 1. The second kappa shape index (κ2) is 13.4. The van der Waals surface area contributed by atoms with E-state index in [4.69, 9.17) is 16.3 Å². The van der Waals surface area contributed by atoms with Gasteiger partial charge in [0.2, 0.25) is 11.8 Å². The SMILES string of the molecule is COc1ccc(CN(C(=O)CCCSc2ccc(Cl)cc2)[C@@H](C)C(=O)NCC(C)C)cc1. The molecule has 0 aliphatic rings. The van der Waals surface area contributed by atoms with Crippen LogP contribution in [0.3, 0.4) is 0 Å². The average molecular weight is 477 g/mol. The number of ether oxygens (including phenoxy) is 1. The summed E-state index contributed by atoms with van der Waals surface area (Å²) in [5.41, 5.74) is 0.957. The van der Waals surface area contributed by atoms with Crippen molar-refractivity contribution in [1.82, 2.24) is 10.2 Å². The minimum Gasteiger partial charge on any atom is -0.497 e. The standard InChI is InChI=1S/C25H33ClN2O3S/c1-18(2)16-27-25(30)19(3)28(17-20-7-11-22(31-4)12-8-20)24(29)6-5-15-32-23-13-9-21(26)10-14-23/h7-14,18-19H,5-6,15-17H2,1-4H3,(H,27,30)/t19-/m0/s1. The third-order valence-electron chi connectivity index (χ3n) is 4.98. The molecule has 0 bridgehead atoms. The van der Waals surface area contributed by atoms with Gasteiger partial charge >= 0.3 is 0 Å². The third-order valence-corrected chi connectivity index (χ3v) is 6.33. The van der Waals surface area contributed by atoms with Crippen molar-refractivity contribution in [2.24, 2.45) is 5.92 Å². The zero-order valence-corrected chi connectivity index (χ0v) is 20.8. The van der Waals surface area contributed by atoms with E-state index >= 15 is 0 Å². The number of hydrogen-bond donors (Lipinski definition) is 1. The van der Waals surface area contributed by atoms with Gasteiger partial charge in [-0.25, -0.2) is 0 Å². The molecular weight excluding hydrogens is 444 g/mol. The molecule has 0 unspecified atom stereocenters. The number of carbonyl (C=O) groups is 2. The van der Waals surface area contributed by atoms with E-state index in [9.17, 15) is 9.59 Å². The fraction of sp³-hybridized carbons (Fsp3) is 0.440. The Morgan fingerprint density at radius 1 is 1.06 bits per heavy atom. The van der Waals surface area contributed by atoms with E-state index in [1.807, 2.05) is 62.4 Å². The van der Waals surface area contributed by atoms with E-state index in [2.05, 4.69) is 5.32 Å². The highest BCUT2D eigenvalue weighted by atomic mass is 35.5. The highest BCUT2D eigenvalue weighted by Gasteiger charge is 2.25. The third kappa shape index (κ3) is 8.75. The van der Waals surface area contributed by atoms with Crippen molar-refractivity contribution < 1.29 is 14.3 Å². The van der Waals surface area contributed by atoms with E-state index in [1.54, 1.807) is 30.7 Å². The lowest BCUT2D eigenvalue weighted by Gasteiger charge is -2.29. The molecular formula is C25H33ClN2O3S. The predicted molar refractivity (Wildman–Crippen MR) is 132 cm³/mol. The number of methoxy groups -OCH3 is 1. The smallest absolute Gasteiger partial charge is 0.242 e. The van der Waals surface area contributed by atoms with Crippen LogP contribution in [-0.2, 0) is 16.1 Å². The Morgan fingerprint density at radius 3 is 2.31 bits per heavy atom. The molecule has 5 nitrogen and oxygen atoms in total. The number of benzene rings is 2. The molecule has 2 rings (SSSR count). The molecule has 0 heterocycles. The molecule has 2 aromatic rings. The first-order chi connectivity index (χ1) is 15.3. The predicted octanol–water partition coefficient (Wildman–Crippen LogP) is 5.41. The fourth-order valence-corrected chi connectivity index (χ4v) is 4.03. The van der Waals surface area contributed by atoms with Gasteiger partial charge in [-0.05, 0) is 67.0 Å². The minimum absolute atomic E-state index is 0.0234. The monoisotopic (exact) mass is 476 g/mol. The molecule has 1 N–H and O–H groups in total. The van der Waals surface area contributed by atoms with Gasteiger partial charge in [-0.2, -0.15) is 0 Å². The molecule has 0 aliphatic carbocycles. The van der Waals surface area contributed by atoms with Gasteiger partial charge in [0, 0.05) is 29.4 Å². The zero-order chi connectivity index (χ0) is 23.5. The van der Waals surface area contributed by atoms with Gasteiger partial charge in [-0.3, -0.25) is 9.59 Å². The first kappa shape index (κ1) is 26.1. The normalized spacial score (nSPS) is 11.8. The lowest BCUT2D eigenvalue weighted by molar-refractivity contribution is -0.140. The summed E-state index contributed by atoms with van der Waals surface area (Å²) in [6.45, 7) is 6.85. The molecule has 2 amide bonds. The summed E-state index contributed by atoms with van der Waals surface area (Å²) in [4.78, 5) is 28.6.